The van der Waals surface area contributed by atoms with Gasteiger partial charge in [0.25, 0.3) is 0 Å². The molecule has 0 bridgehead atoms. The van der Waals surface area contributed by atoms with Gasteiger partial charge < -0.3 is 10.2 Å². The smallest absolute Gasteiger partial charge is 0.181 e. The summed E-state index contributed by atoms with van der Waals surface area (Å²) in [5.41, 5.74) is 2.06. The molecule has 1 aliphatic rings. The number of pyridine rings is 1. The number of H-pyrrole nitrogens is 1. The van der Waals surface area contributed by atoms with Gasteiger partial charge in [-0.2, -0.15) is 5.10 Å². The Labute approximate surface area is 147 Å². The number of rotatable bonds is 6. The minimum atomic E-state index is 0.0728. The van der Waals surface area contributed by atoms with Crippen LogP contribution in [0.5, 0.6) is 0 Å². The Morgan fingerprint density at radius 2 is 1.80 bits per heavy atom. The number of likely N-dealkylation sites (tertiary alicyclic amines) is 1. The zero-order valence-electron chi connectivity index (χ0n) is 14.1. The Morgan fingerprint density at radius 1 is 1.04 bits per heavy atom. The molecule has 2 N–H and O–H groups in total. The molecular weight excluding hydrogens is 312 g/mol. The van der Waals surface area contributed by atoms with Gasteiger partial charge in [-0.3, -0.25) is 10.1 Å². The van der Waals surface area contributed by atoms with E-state index in [4.69, 9.17) is 4.98 Å². The van der Waals surface area contributed by atoms with Crippen LogP contribution in [0.15, 0.2) is 54.9 Å². The van der Waals surface area contributed by atoms with Gasteiger partial charge in [0.15, 0.2) is 5.82 Å². The van der Waals surface area contributed by atoms with E-state index >= 15 is 0 Å². The number of para-hydroxylation sites is 1. The molecule has 1 fully saturated rings. The molecule has 0 radical (unpaired) electrons. The number of hydrogen-bond donors (Lipinski definition) is 2. The third kappa shape index (κ3) is 3.85. The van der Waals surface area contributed by atoms with Gasteiger partial charge in [-0.15, -0.1) is 0 Å². The van der Waals surface area contributed by atoms with E-state index < -0.39 is 0 Å². The van der Waals surface area contributed by atoms with Crippen molar-refractivity contribution in [3.63, 3.8) is 0 Å². The van der Waals surface area contributed by atoms with E-state index in [-0.39, 0.29) is 6.04 Å². The van der Waals surface area contributed by atoms with E-state index in [2.05, 4.69) is 37.5 Å². The van der Waals surface area contributed by atoms with Gasteiger partial charge in [-0.05, 0) is 50.2 Å². The van der Waals surface area contributed by atoms with Gasteiger partial charge in [-0.25, -0.2) is 4.98 Å². The highest BCUT2D eigenvalue weighted by Crippen LogP contribution is 2.22. The summed E-state index contributed by atoms with van der Waals surface area (Å²) in [5.74, 6) is 1.57. The lowest BCUT2D eigenvalue weighted by Gasteiger charge is -2.23. The summed E-state index contributed by atoms with van der Waals surface area (Å²) < 4.78 is 0. The number of hydrogen-bond acceptors (Lipinski definition) is 5. The largest absolute Gasteiger partial charge is 0.374 e. The molecule has 25 heavy (non-hydrogen) atoms. The average Bonchev–Trinajstić information content (AvgIpc) is 3.35. The zero-order valence-corrected chi connectivity index (χ0v) is 14.1. The van der Waals surface area contributed by atoms with Gasteiger partial charge in [0.05, 0.1) is 6.04 Å². The highest BCUT2D eigenvalue weighted by Gasteiger charge is 2.22. The fourth-order valence-electron chi connectivity index (χ4n) is 3.22. The second kappa shape index (κ2) is 7.44. The van der Waals surface area contributed by atoms with Crippen molar-refractivity contribution in [2.24, 2.45) is 0 Å². The highest BCUT2D eigenvalue weighted by atomic mass is 15.3. The van der Waals surface area contributed by atoms with Crippen molar-refractivity contribution in [1.82, 2.24) is 25.1 Å². The third-order valence-corrected chi connectivity index (χ3v) is 4.53. The van der Waals surface area contributed by atoms with Gasteiger partial charge in [0.2, 0.25) is 0 Å². The third-order valence-electron chi connectivity index (χ3n) is 4.53. The molecule has 0 amide bonds. The van der Waals surface area contributed by atoms with Crippen molar-refractivity contribution >= 4 is 5.69 Å². The fraction of sp³-hybridized carbons (Fsp3) is 0.316. The van der Waals surface area contributed by atoms with Gasteiger partial charge >= 0.3 is 0 Å². The first kappa shape index (κ1) is 15.8. The lowest BCUT2D eigenvalue weighted by atomic mass is 10.2. The van der Waals surface area contributed by atoms with Crippen LogP contribution in [0, 0.1) is 0 Å². The van der Waals surface area contributed by atoms with Gasteiger partial charge in [-0.1, -0.05) is 18.2 Å². The van der Waals surface area contributed by atoms with Gasteiger partial charge in [0.1, 0.15) is 5.82 Å². The molecule has 0 spiro atoms. The van der Waals surface area contributed by atoms with Crippen LogP contribution in [0.4, 0.5) is 5.69 Å². The van der Waals surface area contributed by atoms with Crippen molar-refractivity contribution < 1.29 is 0 Å². The van der Waals surface area contributed by atoms with Crippen LogP contribution in [-0.4, -0.2) is 44.7 Å². The quantitative estimate of drug-likeness (QED) is 0.725. The molecule has 6 heteroatoms. The number of benzene rings is 1. The number of nitrogens with one attached hydrogen (secondary N) is 2. The molecule has 3 aromatic rings. The molecule has 1 aliphatic heterocycles. The maximum atomic E-state index is 4.74. The maximum absolute atomic E-state index is 4.74. The lowest BCUT2D eigenvalue weighted by molar-refractivity contribution is 0.320. The zero-order chi connectivity index (χ0) is 16.9. The summed E-state index contributed by atoms with van der Waals surface area (Å²) in [6.07, 6.45) is 6.07. The van der Waals surface area contributed by atoms with Crippen LogP contribution >= 0.6 is 0 Å². The Hall–Kier alpha value is -2.73. The first-order valence-corrected chi connectivity index (χ1v) is 8.75. The van der Waals surface area contributed by atoms with E-state index in [1.165, 1.54) is 12.8 Å². The average molecular weight is 334 g/mol. The predicted molar refractivity (Wildman–Crippen MR) is 98.1 cm³/mol. The molecular formula is C19H22N6. The minimum absolute atomic E-state index is 0.0728. The van der Waals surface area contributed by atoms with Crippen LogP contribution in [-0.2, 0) is 0 Å². The molecule has 1 aromatic carbocycles. The summed E-state index contributed by atoms with van der Waals surface area (Å²) in [6.45, 7) is 3.22. The van der Waals surface area contributed by atoms with Crippen molar-refractivity contribution in [2.45, 2.75) is 18.9 Å². The fourth-order valence-corrected chi connectivity index (χ4v) is 3.22. The monoisotopic (exact) mass is 334 g/mol. The maximum Gasteiger partial charge on any atom is 0.181 e. The van der Waals surface area contributed by atoms with Crippen molar-refractivity contribution in [3.05, 3.63) is 60.7 Å². The minimum Gasteiger partial charge on any atom is -0.374 e. The van der Waals surface area contributed by atoms with Crippen LogP contribution in [0.3, 0.4) is 0 Å². The second-order valence-electron chi connectivity index (χ2n) is 6.35. The van der Waals surface area contributed by atoms with E-state index in [1.54, 1.807) is 12.4 Å². The number of aromatic amines is 1. The van der Waals surface area contributed by atoms with E-state index in [1.807, 2.05) is 30.3 Å². The van der Waals surface area contributed by atoms with E-state index in [9.17, 15) is 0 Å². The van der Waals surface area contributed by atoms with Crippen molar-refractivity contribution in [2.75, 3.05) is 25.0 Å². The Kier molecular flexibility index (Phi) is 4.70. The molecule has 1 atom stereocenters. The number of anilines is 1. The summed E-state index contributed by atoms with van der Waals surface area (Å²) in [4.78, 5) is 11.3. The van der Waals surface area contributed by atoms with Crippen LogP contribution in [0.25, 0.3) is 11.4 Å². The Balaban J connectivity index is 1.57. The summed E-state index contributed by atoms with van der Waals surface area (Å²) in [6, 6.07) is 14.2. The molecule has 0 aliphatic carbocycles. The highest BCUT2D eigenvalue weighted by molar-refractivity contribution is 5.53. The Morgan fingerprint density at radius 3 is 2.56 bits per heavy atom. The SMILES string of the molecule is c1ccc(NC(CN2CCCC2)c2nc(-c3ccncc3)n[nH]2)cc1. The molecule has 1 saturated heterocycles. The molecule has 1 unspecified atom stereocenters. The molecule has 3 heterocycles. The standard InChI is InChI=1S/C19H22N6/c1-2-6-16(7-3-1)21-17(14-25-12-4-5-13-25)19-22-18(23-24-19)15-8-10-20-11-9-15/h1-3,6-11,17,21H,4-5,12-14H2,(H,22,23,24). The lowest BCUT2D eigenvalue weighted by Crippen LogP contribution is -2.30. The molecule has 128 valence electrons. The van der Waals surface area contributed by atoms with Crippen LogP contribution < -0.4 is 5.32 Å². The van der Waals surface area contributed by atoms with Crippen molar-refractivity contribution in [1.29, 1.82) is 0 Å². The van der Waals surface area contributed by atoms with Crippen LogP contribution in [0.1, 0.15) is 24.7 Å². The first-order valence-electron chi connectivity index (χ1n) is 8.75. The summed E-state index contributed by atoms with van der Waals surface area (Å²) >= 11 is 0. The van der Waals surface area contributed by atoms with E-state index in [0.717, 1.165) is 36.7 Å². The van der Waals surface area contributed by atoms with Crippen LogP contribution in [0.2, 0.25) is 0 Å². The molecule has 6 nitrogen and oxygen atoms in total. The molecule has 0 saturated carbocycles. The summed E-state index contributed by atoms with van der Waals surface area (Å²) in [7, 11) is 0. The second-order valence-corrected chi connectivity index (χ2v) is 6.35. The molecule has 4 rings (SSSR count). The number of nitrogens with zero attached hydrogens (tertiary/aromatic N) is 4. The van der Waals surface area contributed by atoms with Gasteiger partial charge in [0, 0.05) is 30.2 Å². The normalized spacial score (nSPS) is 16.0. The summed E-state index contributed by atoms with van der Waals surface area (Å²) in [5, 5.41) is 11.1. The number of aromatic nitrogens is 4. The van der Waals surface area contributed by atoms with Crippen molar-refractivity contribution in [3.8, 4) is 11.4 Å². The van der Waals surface area contributed by atoms with E-state index in [0.29, 0.717) is 5.82 Å². The molecule has 2 aromatic heterocycles. The first-order chi connectivity index (χ1) is 12.4. The topological polar surface area (TPSA) is 69.7 Å². The Bertz CT molecular complexity index is 780. The predicted octanol–water partition coefficient (Wildman–Crippen LogP) is 3.12.